The number of hydrogen-bond donors (Lipinski definition) is 1. The Morgan fingerprint density at radius 2 is 2.05 bits per heavy atom. The zero-order chi connectivity index (χ0) is 15.2. The van der Waals surface area contributed by atoms with Gasteiger partial charge in [0.1, 0.15) is 0 Å². The lowest BCUT2D eigenvalue weighted by atomic mass is 10.2. The highest BCUT2D eigenvalue weighted by Crippen LogP contribution is 2.14. The van der Waals surface area contributed by atoms with Gasteiger partial charge in [0.25, 0.3) is 0 Å². The van der Waals surface area contributed by atoms with Gasteiger partial charge >= 0.3 is 0 Å². The molecule has 118 valence electrons. The van der Waals surface area contributed by atoms with Crippen LogP contribution in [0.4, 0.5) is 0 Å². The molecule has 1 N–H and O–H groups in total. The van der Waals surface area contributed by atoms with E-state index in [2.05, 4.69) is 4.90 Å². The van der Waals surface area contributed by atoms with Crippen LogP contribution < -0.4 is 5.43 Å². The third-order valence-corrected chi connectivity index (χ3v) is 3.78. The van der Waals surface area contributed by atoms with Crippen LogP contribution in [0.2, 0.25) is 0 Å². The molecule has 21 heavy (non-hydrogen) atoms. The molecule has 1 fully saturated rings. The van der Waals surface area contributed by atoms with Crippen molar-refractivity contribution in [3.63, 3.8) is 0 Å². The number of likely N-dealkylation sites (tertiary alicyclic amines) is 1. The van der Waals surface area contributed by atoms with E-state index >= 15 is 0 Å². The summed E-state index contributed by atoms with van der Waals surface area (Å²) in [4.78, 5) is 14.0. The number of aromatic nitrogens is 1. The van der Waals surface area contributed by atoms with Crippen molar-refractivity contribution < 1.29 is 9.84 Å². The van der Waals surface area contributed by atoms with E-state index in [1.165, 1.54) is 12.8 Å². The van der Waals surface area contributed by atoms with Gasteiger partial charge in [0.2, 0.25) is 5.43 Å². The van der Waals surface area contributed by atoms with Gasteiger partial charge in [-0.15, -0.1) is 0 Å². The fourth-order valence-corrected chi connectivity index (χ4v) is 2.67. The quantitative estimate of drug-likeness (QED) is 0.781. The standard InChI is InChI=1S/C16H26N2O3/c1-13(2)21-9-5-8-18-12-16(20)15(19)10-14(18)11-17-6-3-4-7-17/h10,12-13,20H,3-9,11H2,1-2H3. The summed E-state index contributed by atoms with van der Waals surface area (Å²) in [6, 6.07) is 1.57. The highest BCUT2D eigenvalue weighted by Gasteiger charge is 2.14. The molecule has 1 saturated heterocycles. The first kappa shape index (κ1) is 16.0. The Hall–Kier alpha value is -1.33. The average molecular weight is 294 g/mol. The maximum Gasteiger partial charge on any atom is 0.223 e. The molecule has 1 aliphatic rings. The summed E-state index contributed by atoms with van der Waals surface area (Å²) in [6.45, 7) is 8.43. The number of ether oxygens (including phenoxy) is 1. The van der Waals surface area contributed by atoms with Gasteiger partial charge in [0.05, 0.1) is 12.3 Å². The van der Waals surface area contributed by atoms with Crippen molar-refractivity contribution in [2.75, 3.05) is 19.7 Å². The molecule has 1 aromatic rings. The molecule has 0 aliphatic carbocycles. The zero-order valence-corrected chi connectivity index (χ0v) is 13.0. The van der Waals surface area contributed by atoms with Crippen LogP contribution in [0.25, 0.3) is 0 Å². The first-order valence-electron chi connectivity index (χ1n) is 7.82. The molecule has 0 atom stereocenters. The maximum absolute atomic E-state index is 11.7. The molecule has 0 amide bonds. The van der Waals surface area contributed by atoms with Crippen LogP contribution in [0.1, 0.15) is 38.8 Å². The first-order valence-corrected chi connectivity index (χ1v) is 7.82. The van der Waals surface area contributed by atoms with Crippen LogP contribution in [0.3, 0.4) is 0 Å². The molecule has 1 aliphatic heterocycles. The number of nitrogens with zero attached hydrogens (tertiary/aromatic N) is 2. The first-order chi connectivity index (χ1) is 10.1. The van der Waals surface area contributed by atoms with E-state index in [1.807, 2.05) is 18.4 Å². The van der Waals surface area contributed by atoms with Crippen LogP contribution in [-0.2, 0) is 17.8 Å². The lowest BCUT2D eigenvalue weighted by Gasteiger charge is -2.19. The molecule has 5 heteroatoms. The fourth-order valence-electron chi connectivity index (χ4n) is 2.67. The van der Waals surface area contributed by atoms with Crippen molar-refractivity contribution in [1.29, 1.82) is 0 Å². The summed E-state index contributed by atoms with van der Waals surface area (Å²) < 4.78 is 7.53. The Kier molecular flexibility index (Phi) is 5.82. The lowest BCUT2D eigenvalue weighted by Crippen LogP contribution is -2.23. The van der Waals surface area contributed by atoms with E-state index < -0.39 is 0 Å². The largest absolute Gasteiger partial charge is 0.503 e. The summed E-state index contributed by atoms with van der Waals surface area (Å²) in [5.41, 5.74) is 0.683. The van der Waals surface area contributed by atoms with Gasteiger partial charge in [-0.1, -0.05) is 0 Å². The fraction of sp³-hybridized carbons (Fsp3) is 0.688. The smallest absolute Gasteiger partial charge is 0.223 e. The van der Waals surface area contributed by atoms with Crippen molar-refractivity contribution in [3.05, 3.63) is 28.2 Å². The molecule has 0 spiro atoms. The zero-order valence-electron chi connectivity index (χ0n) is 13.0. The van der Waals surface area contributed by atoms with E-state index in [-0.39, 0.29) is 17.3 Å². The highest BCUT2D eigenvalue weighted by molar-refractivity contribution is 5.20. The second kappa shape index (κ2) is 7.61. The van der Waals surface area contributed by atoms with Crippen molar-refractivity contribution in [2.24, 2.45) is 0 Å². The molecule has 0 saturated carbocycles. The minimum Gasteiger partial charge on any atom is -0.503 e. The van der Waals surface area contributed by atoms with E-state index in [0.29, 0.717) is 6.61 Å². The third-order valence-electron chi connectivity index (χ3n) is 3.78. The maximum atomic E-state index is 11.7. The number of aromatic hydroxyl groups is 1. The molecule has 0 bridgehead atoms. The normalized spacial score (nSPS) is 16.0. The van der Waals surface area contributed by atoms with Gasteiger partial charge in [-0.2, -0.15) is 0 Å². The third kappa shape index (κ3) is 4.86. The number of aryl methyl sites for hydroxylation is 1. The monoisotopic (exact) mass is 294 g/mol. The Morgan fingerprint density at radius 1 is 1.33 bits per heavy atom. The molecule has 0 radical (unpaired) electrons. The lowest BCUT2D eigenvalue weighted by molar-refractivity contribution is 0.0746. The van der Waals surface area contributed by atoms with E-state index in [9.17, 15) is 9.90 Å². The summed E-state index contributed by atoms with van der Waals surface area (Å²) in [5, 5.41) is 9.65. The Bertz CT molecular complexity index is 505. The van der Waals surface area contributed by atoms with E-state index in [1.54, 1.807) is 12.3 Å². The summed E-state index contributed by atoms with van der Waals surface area (Å²) >= 11 is 0. The summed E-state index contributed by atoms with van der Waals surface area (Å²) in [5.74, 6) is -0.176. The van der Waals surface area contributed by atoms with Crippen molar-refractivity contribution in [2.45, 2.75) is 52.3 Å². The number of rotatable bonds is 7. The molecule has 2 heterocycles. The van der Waals surface area contributed by atoms with Gasteiger partial charge in [0, 0.05) is 31.5 Å². The van der Waals surface area contributed by atoms with Gasteiger partial charge in [-0.3, -0.25) is 9.69 Å². The predicted molar refractivity (Wildman–Crippen MR) is 82.6 cm³/mol. The second-order valence-corrected chi connectivity index (χ2v) is 5.96. The second-order valence-electron chi connectivity index (χ2n) is 5.96. The number of pyridine rings is 1. The predicted octanol–water partition coefficient (Wildman–Crippen LogP) is 1.96. The van der Waals surface area contributed by atoms with Crippen LogP contribution >= 0.6 is 0 Å². The Labute approximate surface area is 126 Å². The molecule has 0 unspecified atom stereocenters. The molecule has 1 aromatic heterocycles. The molecular formula is C16H26N2O3. The number of hydrogen-bond acceptors (Lipinski definition) is 4. The molecule has 2 rings (SSSR count). The minimum atomic E-state index is -0.293. The van der Waals surface area contributed by atoms with Crippen molar-refractivity contribution >= 4 is 0 Å². The molecule has 5 nitrogen and oxygen atoms in total. The minimum absolute atomic E-state index is 0.176. The van der Waals surface area contributed by atoms with Crippen LogP contribution in [-0.4, -0.2) is 40.4 Å². The van der Waals surface area contributed by atoms with Gasteiger partial charge in [0.15, 0.2) is 5.75 Å². The summed E-state index contributed by atoms with van der Waals surface area (Å²) in [7, 11) is 0. The summed E-state index contributed by atoms with van der Waals surface area (Å²) in [6.07, 6.45) is 5.11. The van der Waals surface area contributed by atoms with Crippen LogP contribution in [0, 0.1) is 0 Å². The van der Waals surface area contributed by atoms with Crippen LogP contribution in [0.15, 0.2) is 17.1 Å². The van der Waals surface area contributed by atoms with Gasteiger partial charge in [-0.25, -0.2) is 0 Å². The molecular weight excluding hydrogens is 268 g/mol. The van der Waals surface area contributed by atoms with E-state index in [0.717, 1.165) is 38.3 Å². The average Bonchev–Trinajstić information content (AvgIpc) is 2.92. The Morgan fingerprint density at radius 3 is 2.71 bits per heavy atom. The van der Waals surface area contributed by atoms with Gasteiger partial charge < -0.3 is 14.4 Å². The SMILES string of the molecule is CC(C)OCCCn1cc(O)c(=O)cc1CN1CCCC1. The van der Waals surface area contributed by atoms with Gasteiger partial charge in [-0.05, 0) is 46.2 Å². The van der Waals surface area contributed by atoms with Crippen molar-refractivity contribution in [1.82, 2.24) is 9.47 Å². The molecule has 0 aromatic carbocycles. The highest BCUT2D eigenvalue weighted by atomic mass is 16.5. The Balaban J connectivity index is 2.02. The topological polar surface area (TPSA) is 54.7 Å². The van der Waals surface area contributed by atoms with E-state index in [4.69, 9.17) is 4.74 Å². The van der Waals surface area contributed by atoms with Crippen LogP contribution in [0.5, 0.6) is 5.75 Å². The van der Waals surface area contributed by atoms with Crippen molar-refractivity contribution in [3.8, 4) is 5.75 Å².